The Labute approximate surface area is 167 Å². The molecule has 0 fully saturated rings. The van der Waals surface area contributed by atoms with Crippen LogP contribution in [0.2, 0.25) is 0 Å². The number of amides is 3. The minimum atomic E-state index is -0.175. The number of fused-ring (bicyclic) bond motifs is 1. The summed E-state index contributed by atoms with van der Waals surface area (Å²) in [6, 6.07) is 12.0. The Morgan fingerprint density at radius 1 is 1.14 bits per heavy atom. The number of benzene rings is 1. The van der Waals surface area contributed by atoms with Gasteiger partial charge < -0.3 is 19.7 Å². The molecule has 0 saturated heterocycles. The minimum absolute atomic E-state index is 0.0193. The fourth-order valence-electron chi connectivity index (χ4n) is 3.80. The molecule has 3 amide bonds. The highest BCUT2D eigenvalue weighted by atomic mass is 16.2. The molecular formula is C22H30N4O2. The Kier molecular flexibility index (Phi) is 6.39. The van der Waals surface area contributed by atoms with E-state index in [9.17, 15) is 9.59 Å². The number of nitrogens with one attached hydrogen (secondary N) is 1. The third kappa shape index (κ3) is 4.06. The second kappa shape index (κ2) is 8.95. The lowest BCUT2D eigenvalue weighted by Gasteiger charge is -2.39. The number of carbonyl (C=O) groups is 2. The van der Waals surface area contributed by atoms with Crippen LogP contribution in [0.25, 0.3) is 0 Å². The Morgan fingerprint density at radius 2 is 1.93 bits per heavy atom. The molecule has 6 nitrogen and oxygen atoms in total. The summed E-state index contributed by atoms with van der Waals surface area (Å²) in [6.45, 7) is 8.60. The molecule has 1 aliphatic rings. The second-order valence-corrected chi connectivity index (χ2v) is 7.22. The quantitative estimate of drug-likeness (QED) is 0.834. The molecule has 2 aromatic rings. The van der Waals surface area contributed by atoms with Crippen molar-refractivity contribution in [1.29, 1.82) is 0 Å². The standard InChI is InChI=1S/C22H30N4O2/c1-4-12-23-22(28)24(5-2)16-20(27)26-15-14-25-13-8-11-19(25)21(26)18-10-7-6-9-17(18)3/h6-11,13,21H,4-5,12,14-16H2,1-3H3,(H,23,28)/t21-/m1/s1. The van der Waals surface area contributed by atoms with Crippen molar-refractivity contribution in [3.8, 4) is 0 Å². The summed E-state index contributed by atoms with van der Waals surface area (Å²) < 4.78 is 2.21. The number of aromatic nitrogens is 1. The van der Waals surface area contributed by atoms with Crippen molar-refractivity contribution in [1.82, 2.24) is 19.7 Å². The first kappa shape index (κ1) is 20.0. The largest absolute Gasteiger partial charge is 0.348 e. The van der Waals surface area contributed by atoms with Crippen LogP contribution in [0.3, 0.4) is 0 Å². The van der Waals surface area contributed by atoms with Gasteiger partial charge in [0.15, 0.2) is 0 Å². The smallest absolute Gasteiger partial charge is 0.317 e. The number of urea groups is 1. The van der Waals surface area contributed by atoms with Gasteiger partial charge in [-0.1, -0.05) is 31.2 Å². The maximum Gasteiger partial charge on any atom is 0.317 e. The average Bonchev–Trinajstić information content (AvgIpc) is 3.18. The molecule has 1 N–H and O–H groups in total. The Bertz CT molecular complexity index is 829. The van der Waals surface area contributed by atoms with Crippen LogP contribution < -0.4 is 5.32 Å². The zero-order valence-corrected chi connectivity index (χ0v) is 17.0. The maximum absolute atomic E-state index is 13.3. The van der Waals surface area contributed by atoms with Crippen LogP contribution in [-0.2, 0) is 11.3 Å². The molecule has 0 saturated carbocycles. The van der Waals surface area contributed by atoms with Gasteiger partial charge in [0.1, 0.15) is 6.54 Å². The van der Waals surface area contributed by atoms with Gasteiger partial charge in [-0.05, 0) is 43.5 Å². The molecule has 1 atom stereocenters. The van der Waals surface area contributed by atoms with E-state index in [1.165, 1.54) is 0 Å². The predicted octanol–water partition coefficient (Wildman–Crippen LogP) is 3.17. The fraction of sp³-hybridized carbons (Fsp3) is 0.455. The summed E-state index contributed by atoms with van der Waals surface area (Å²) in [5.41, 5.74) is 3.41. The molecule has 3 rings (SSSR count). The summed E-state index contributed by atoms with van der Waals surface area (Å²) in [5.74, 6) is -0.0193. The van der Waals surface area contributed by atoms with Crippen molar-refractivity contribution in [3.05, 3.63) is 59.4 Å². The van der Waals surface area contributed by atoms with E-state index in [2.05, 4.69) is 41.2 Å². The molecule has 0 aliphatic carbocycles. The van der Waals surface area contributed by atoms with E-state index in [1.807, 2.05) is 36.9 Å². The molecule has 150 valence electrons. The van der Waals surface area contributed by atoms with E-state index in [-0.39, 0.29) is 24.5 Å². The number of hydrogen-bond donors (Lipinski definition) is 1. The molecule has 1 aromatic heterocycles. The van der Waals surface area contributed by atoms with Crippen LogP contribution in [0, 0.1) is 6.92 Å². The van der Waals surface area contributed by atoms with E-state index in [4.69, 9.17) is 0 Å². The van der Waals surface area contributed by atoms with Crippen LogP contribution in [0.4, 0.5) is 4.79 Å². The van der Waals surface area contributed by atoms with E-state index >= 15 is 0 Å². The van der Waals surface area contributed by atoms with Crippen LogP contribution in [0.5, 0.6) is 0 Å². The second-order valence-electron chi connectivity index (χ2n) is 7.22. The van der Waals surface area contributed by atoms with E-state index in [0.29, 0.717) is 19.6 Å². The van der Waals surface area contributed by atoms with Crippen molar-refractivity contribution in [3.63, 3.8) is 0 Å². The zero-order chi connectivity index (χ0) is 20.1. The fourth-order valence-corrected chi connectivity index (χ4v) is 3.80. The number of carbonyl (C=O) groups excluding carboxylic acids is 2. The number of likely N-dealkylation sites (N-methyl/N-ethyl adjacent to an activating group) is 1. The van der Waals surface area contributed by atoms with Crippen LogP contribution >= 0.6 is 0 Å². The Hall–Kier alpha value is -2.76. The van der Waals surface area contributed by atoms with Gasteiger partial charge in [0, 0.05) is 38.1 Å². The summed E-state index contributed by atoms with van der Waals surface area (Å²) in [5, 5.41) is 2.87. The third-order valence-electron chi connectivity index (χ3n) is 5.36. The first-order chi connectivity index (χ1) is 13.6. The number of aryl methyl sites for hydroxylation is 1. The van der Waals surface area contributed by atoms with Crippen molar-refractivity contribution in [2.45, 2.75) is 39.8 Å². The molecule has 28 heavy (non-hydrogen) atoms. The van der Waals surface area contributed by atoms with Gasteiger partial charge in [0.2, 0.25) is 5.91 Å². The summed E-state index contributed by atoms with van der Waals surface area (Å²) in [7, 11) is 0. The number of hydrogen-bond acceptors (Lipinski definition) is 2. The first-order valence-corrected chi connectivity index (χ1v) is 10.1. The highest BCUT2D eigenvalue weighted by Gasteiger charge is 2.33. The van der Waals surface area contributed by atoms with E-state index in [0.717, 1.165) is 29.8 Å². The minimum Gasteiger partial charge on any atom is -0.348 e. The van der Waals surface area contributed by atoms with Crippen LogP contribution in [-0.4, -0.2) is 52.5 Å². The average molecular weight is 383 g/mol. The summed E-state index contributed by atoms with van der Waals surface area (Å²) in [4.78, 5) is 29.1. The van der Waals surface area contributed by atoms with Gasteiger partial charge in [-0.2, -0.15) is 0 Å². The SMILES string of the molecule is CCCNC(=O)N(CC)CC(=O)N1CCn2cccc2[C@H]1c1ccccc1C. The molecule has 0 bridgehead atoms. The highest BCUT2D eigenvalue weighted by Crippen LogP contribution is 2.34. The monoisotopic (exact) mass is 382 g/mol. The zero-order valence-electron chi connectivity index (χ0n) is 17.0. The molecule has 1 aliphatic heterocycles. The number of rotatable bonds is 6. The lowest BCUT2D eigenvalue weighted by atomic mass is 9.95. The van der Waals surface area contributed by atoms with Crippen LogP contribution in [0.15, 0.2) is 42.6 Å². The third-order valence-corrected chi connectivity index (χ3v) is 5.36. The summed E-state index contributed by atoms with van der Waals surface area (Å²) in [6.07, 6.45) is 2.94. The van der Waals surface area contributed by atoms with Crippen LogP contribution in [0.1, 0.15) is 43.1 Å². The summed E-state index contributed by atoms with van der Waals surface area (Å²) >= 11 is 0. The topological polar surface area (TPSA) is 57.6 Å². The molecule has 0 radical (unpaired) electrons. The van der Waals surface area contributed by atoms with E-state index < -0.39 is 0 Å². The lowest BCUT2D eigenvalue weighted by Crippen LogP contribution is -2.50. The van der Waals surface area contributed by atoms with Gasteiger partial charge in [-0.15, -0.1) is 0 Å². The molecule has 6 heteroatoms. The van der Waals surface area contributed by atoms with Gasteiger partial charge in [0.05, 0.1) is 6.04 Å². The Morgan fingerprint density at radius 3 is 2.64 bits per heavy atom. The molecule has 1 aromatic carbocycles. The van der Waals surface area contributed by atoms with Crippen molar-refractivity contribution >= 4 is 11.9 Å². The van der Waals surface area contributed by atoms with Gasteiger partial charge in [-0.25, -0.2) is 4.79 Å². The molecular weight excluding hydrogens is 352 g/mol. The van der Waals surface area contributed by atoms with Gasteiger partial charge in [-0.3, -0.25) is 4.79 Å². The molecule has 2 heterocycles. The Balaban J connectivity index is 1.86. The molecule has 0 unspecified atom stereocenters. The van der Waals surface area contributed by atoms with Gasteiger partial charge >= 0.3 is 6.03 Å². The van der Waals surface area contributed by atoms with Crippen molar-refractivity contribution in [2.75, 3.05) is 26.2 Å². The first-order valence-electron chi connectivity index (χ1n) is 10.1. The highest BCUT2D eigenvalue weighted by molar-refractivity contribution is 5.84. The van der Waals surface area contributed by atoms with Crippen molar-refractivity contribution < 1.29 is 9.59 Å². The number of nitrogens with zero attached hydrogens (tertiary/aromatic N) is 3. The predicted molar refractivity (Wildman–Crippen MR) is 110 cm³/mol. The lowest BCUT2D eigenvalue weighted by molar-refractivity contribution is -0.134. The van der Waals surface area contributed by atoms with E-state index in [1.54, 1.807) is 4.90 Å². The normalized spacial score (nSPS) is 15.8. The van der Waals surface area contributed by atoms with Crippen molar-refractivity contribution in [2.24, 2.45) is 0 Å². The van der Waals surface area contributed by atoms with Gasteiger partial charge in [0.25, 0.3) is 0 Å². The molecule has 0 spiro atoms. The maximum atomic E-state index is 13.3.